The van der Waals surface area contributed by atoms with Crippen LogP contribution in [0, 0.1) is 0 Å². The molecule has 0 saturated carbocycles. The number of nitrogens with zero attached hydrogens (tertiary/aromatic N) is 3. The Kier molecular flexibility index (Phi) is 7.27. The number of piperidine rings is 1. The summed E-state index contributed by atoms with van der Waals surface area (Å²) in [6.07, 6.45) is 3.69. The van der Waals surface area contributed by atoms with Crippen LogP contribution in [0.5, 0.6) is 0 Å². The van der Waals surface area contributed by atoms with E-state index in [1.165, 1.54) is 11.1 Å². The van der Waals surface area contributed by atoms with Crippen LogP contribution in [0.25, 0.3) is 33.4 Å². The molecular formula is C30H30F2N4O4. The minimum Gasteiger partial charge on any atom is -0.459 e. The van der Waals surface area contributed by atoms with Crippen molar-refractivity contribution in [3.05, 3.63) is 72.4 Å². The van der Waals surface area contributed by atoms with E-state index >= 15 is 0 Å². The van der Waals surface area contributed by atoms with Crippen molar-refractivity contribution in [3.63, 3.8) is 0 Å². The third-order valence-electron chi connectivity index (χ3n) is 6.53. The summed E-state index contributed by atoms with van der Waals surface area (Å²) in [4.78, 5) is 35.2. The van der Waals surface area contributed by atoms with Crippen molar-refractivity contribution in [3.8, 4) is 22.4 Å². The first-order chi connectivity index (χ1) is 19.0. The highest BCUT2D eigenvalue weighted by Crippen LogP contribution is 2.35. The van der Waals surface area contributed by atoms with Crippen LogP contribution >= 0.6 is 0 Å². The van der Waals surface area contributed by atoms with Crippen molar-refractivity contribution in [2.45, 2.75) is 51.7 Å². The number of alkyl halides is 2. The molecule has 8 nitrogen and oxygen atoms in total. The minimum absolute atomic E-state index is 0.0182. The lowest BCUT2D eigenvalue weighted by molar-refractivity contribution is -0.0494. The van der Waals surface area contributed by atoms with Gasteiger partial charge in [-0.15, -0.1) is 0 Å². The number of furan rings is 1. The molecule has 0 radical (unpaired) electrons. The van der Waals surface area contributed by atoms with Gasteiger partial charge >= 0.3 is 6.09 Å². The van der Waals surface area contributed by atoms with Gasteiger partial charge in [-0.3, -0.25) is 14.8 Å². The first kappa shape index (κ1) is 27.2. The lowest BCUT2D eigenvalue weighted by atomic mass is 9.99. The number of likely N-dealkylation sites (tertiary alicyclic amines) is 1. The Balaban J connectivity index is 1.42. The Morgan fingerprint density at radius 3 is 2.50 bits per heavy atom. The SMILES string of the molecule is CC(C)(C)OC(=O)NCc1cc2cc(-c3ccc(C(=O)N4CCC(F)(F)CC4)cn3)cc(-c3cccnc3)c2o1. The molecule has 40 heavy (non-hydrogen) atoms. The molecule has 0 atom stereocenters. The first-order valence-corrected chi connectivity index (χ1v) is 13.0. The fourth-order valence-corrected chi connectivity index (χ4v) is 4.56. The number of halogens is 2. The second-order valence-corrected chi connectivity index (χ2v) is 10.8. The largest absolute Gasteiger partial charge is 0.459 e. The summed E-state index contributed by atoms with van der Waals surface area (Å²) in [5.74, 6) is -2.48. The Morgan fingerprint density at radius 2 is 1.85 bits per heavy atom. The maximum absolute atomic E-state index is 13.5. The van der Waals surface area contributed by atoms with Gasteiger partial charge in [-0.1, -0.05) is 6.07 Å². The van der Waals surface area contributed by atoms with E-state index in [0.717, 1.165) is 22.1 Å². The number of hydrogen-bond acceptors (Lipinski definition) is 6. The summed E-state index contributed by atoms with van der Waals surface area (Å²) in [6, 6.07) is 12.9. The van der Waals surface area contributed by atoms with Crippen molar-refractivity contribution in [1.29, 1.82) is 0 Å². The molecule has 2 amide bonds. The molecule has 4 heterocycles. The minimum atomic E-state index is -2.72. The van der Waals surface area contributed by atoms with E-state index in [1.54, 1.807) is 45.3 Å². The highest BCUT2D eigenvalue weighted by Gasteiger charge is 2.35. The van der Waals surface area contributed by atoms with Crippen molar-refractivity contribution in [2.75, 3.05) is 13.1 Å². The molecule has 3 aromatic heterocycles. The van der Waals surface area contributed by atoms with Gasteiger partial charge in [0.25, 0.3) is 11.8 Å². The molecule has 1 fully saturated rings. The maximum Gasteiger partial charge on any atom is 0.408 e. The zero-order chi connectivity index (χ0) is 28.5. The molecule has 10 heteroatoms. The Bertz CT molecular complexity index is 1520. The molecule has 4 aromatic rings. The number of carbonyl (C=O) groups is 2. The summed E-state index contributed by atoms with van der Waals surface area (Å²) < 4.78 is 38.5. The van der Waals surface area contributed by atoms with Crippen molar-refractivity contribution in [2.24, 2.45) is 0 Å². The number of benzene rings is 1. The second kappa shape index (κ2) is 10.7. The smallest absolute Gasteiger partial charge is 0.408 e. The molecule has 5 rings (SSSR count). The maximum atomic E-state index is 13.5. The summed E-state index contributed by atoms with van der Waals surface area (Å²) >= 11 is 0. The van der Waals surface area contributed by atoms with Crippen molar-refractivity contribution < 1.29 is 27.5 Å². The van der Waals surface area contributed by atoms with E-state index in [2.05, 4.69) is 15.3 Å². The number of ether oxygens (including phenoxy) is 1. The predicted octanol–water partition coefficient (Wildman–Crippen LogP) is 6.45. The van der Waals surface area contributed by atoms with Gasteiger partial charge in [0, 0.05) is 66.6 Å². The van der Waals surface area contributed by atoms with Gasteiger partial charge in [-0.2, -0.15) is 0 Å². The Hall–Kier alpha value is -4.34. The van der Waals surface area contributed by atoms with E-state index in [0.29, 0.717) is 22.6 Å². The van der Waals surface area contributed by atoms with Crippen LogP contribution in [0.15, 0.2) is 65.5 Å². The van der Waals surface area contributed by atoms with E-state index in [-0.39, 0.29) is 38.4 Å². The summed E-state index contributed by atoms with van der Waals surface area (Å²) in [6.45, 7) is 5.56. The lowest BCUT2D eigenvalue weighted by Gasteiger charge is -2.31. The quantitative estimate of drug-likeness (QED) is 0.308. The van der Waals surface area contributed by atoms with Crippen LogP contribution in [0.3, 0.4) is 0 Å². The van der Waals surface area contributed by atoms with Crippen LogP contribution in [-0.4, -0.2) is 51.5 Å². The monoisotopic (exact) mass is 548 g/mol. The number of amides is 2. The number of aromatic nitrogens is 2. The van der Waals surface area contributed by atoms with Crippen molar-refractivity contribution >= 4 is 23.0 Å². The van der Waals surface area contributed by atoms with E-state index < -0.39 is 17.6 Å². The molecule has 1 aliphatic heterocycles. The highest BCUT2D eigenvalue weighted by atomic mass is 19.3. The Morgan fingerprint density at radius 1 is 1.07 bits per heavy atom. The number of carbonyl (C=O) groups excluding carboxylic acids is 2. The molecular weight excluding hydrogens is 518 g/mol. The molecule has 1 aromatic carbocycles. The third kappa shape index (κ3) is 6.27. The van der Waals surface area contributed by atoms with Gasteiger partial charge < -0.3 is 19.4 Å². The highest BCUT2D eigenvalue weighted by molar-refractivity contribution is 5.97. The molecule has 1 N–H and O–H groups in total. The third-order valence-corrected chi connectivity index (χ3v) is 6.53. The first-order valence-electron chi connectivity index (χ1n) is 13.0. The fraction of sp³-hybridized carbons (Fsp3) is 0.333. The topological polar surface area (TPSA) is 97.6 Å². The average molecular weight is 549 g/mol. The second-order valence-electron chi connectivity index (χ2n) is 10.8. The van der Waals surface area contributed by atoms with E-state index in [4.69, 9.17) is 9.15 Å². The van der Waals surface area contributed by atoms with Crippen molar-refractivity contribution in [1.82, 2.24) is 20.2 Å². The Labute approximate surface area is 230 Å². The number of hydrogen-bond donors (Lipinski definition) is 1. The van der Waals surface area contributed by atoms with Crippen LogP contribution in [0.1, 0.15) is 49.7 Å². The number of fused-ring (bicyclic) bond motifs is 1. The number of rotatable bonds is 5. The molecule has 0 spiro atoms. The van der Waals surface area contributed by atoms with E-state index in [9.17, 15) is 18.4 Å². The zero-order valence-electron chi connectivity index (χ0n) is 22.5. The number of alkyl carbamates (subject to hydrolysis) is 1. The molecule has 1 saturated heterocycles. The van der Waals surface area contributed by atoms with E-state index in [1.807, 2.05) is 30.3 Å². The average Bonchev–Trinajstić information content (AvgIpc) is 3.34. The molecule has 0 bridgehead atoms. The van der Waals surface area contributed by atoms with Crippen LogP contribution in [-0.2, 0) is 11.3 Å². The van der Waals surface area contributed by atoms with Crippen LogP contribution in [0.4, 0.5) is 13.6 Å². The number of pyridine rings is 2. The predicted molar refractivity (Wildman–Crippen MR) is 146 cm³/mol. The lowest BCUT2D eigenvalue weighted by Crippen LogP contribution is -2.42. The van der Waals surface area contributed by atoms with Gasteiger partial charge in [0.2, 0.25) is 0 Å². The van der Waals surface area contributed by atoms with Crippen LogP contribution < -0.4 is 5.32 Å². The van der Waals surface area contributed by atoms with Gasteiger partial charge in [0.15, 0.2) is 0 Å². The molecule has 1 aliphatic rings. The van der Waals surface area contributed by atoms with Gasteiger partial charge in [-0.05, 0) is 57.2 Å². The summed E-state index contributed by atoms with van der Waals surface area (Å²) in [5, 5.41) is 3.51. The molecule has 0 unspecified atom stereocenters. The summed E-state index contributed by atoms with van der Waals surface area (Å²) in [5.41, 5.74) is 3.41. The van der Waals surface area contributed by atoms with Crippen LogP contribution in [0.2, 0.25) is 0 Å². The van der Waals surface area contributed by atoms with Gasteiger partial charge in [0.1, 0.15) is 16.9 Å². The normalized spacial score (nSPS) is 15.2. The fourth-order valence-electron chi connectivity index (χ4n) is 4.56. The zero-order valence-corrected chi connectivity index (χ0v) is 22.5. The number of nitrogens with one attached hydrogen (secondary N) is 1. The standard InChI is InChI=1S/C30H30F2N4O4/c1-29(2,3)40-28(38)35-18-23-14-22-13-21(15-24(26(22)39-23)19-5-4-10-33-16-19)25-7-6-20(17-34-25)27(37)36-11-8-30(31,32)9-12-36/h4-7,10,13-17H,8-9,11-12,18H2,1-3H3,(H,35,38). The summed E-state index contributed by atoms with van der Waals surface area (Å²) in [7, 11) is 0. The van der Waals surface area contributed by atoms with Gasteiger partial charge in [0.05, 0.1) is 17.8 Å². The molecule has 208 valence electrons. The van der Waals surface area contributed by atoms with Gasteiger partial charge in [-0.25, -0.2) is 13.6 Å². The molecule has 0 aliphatic carbocycles.